The maximum atomic E-state index is 4.70. The lowest BCUT2D eigenvalue weighted by Crippen LogP contribution is -2.27. The summed E-state index contributed by atoms with van der Waals surface area (Å²) >= 11 is 0. The van der Waals surface area contributed by atoms with Gasteiger partial charge in [0.2, 0.25) is 0 Å². The predicted octanol–water partition coefficient (Wildman–Crippen LogP) is 2.59. The Balaban J connectivity index is 2.61. The van der Waals surface area contributed by atoms with Crippen LogP contribution in [0.5, 0.6) is 0 Å². The molecule has 0 radical (unpaired) electrons. The lowest BCUT2D eigenvalue weighted by molar-refractivity contribution is 0.284. The van der Waals surface area contributed by atoms with Gasteiger partial charge in [0.05, 0.1) is 12.2 Å². The highest BCUT2D eigenvalue weighted by Crippen LogP contribution is 2.13. The number of nitrogens with one attached hydrogen (secondary N) is 1. The summed E-state index contributed by atoms with van der Waals surface area (Å²) in [5.74, 6) is 0.688. The Kier molecular flexibility index (Phi) is 7.24. The second kappa shape index (κ2) is 8.42. The molecule has 1 aromatic rings. The summed E-state index contributed by atoms with van der Waals surface area (Å²) in [6.45, 7) is 19.5. The van der Waals surface area contributed by atoms with Crippen molar-refractivity contribution >= 4 is 0 Å². The highest BCUT2D eigenvalue weighted by molar-refractivity contribution is 5.24. The number of aromatic nitrogens is 2. The van der Waals surface area contributed by atoms with E-state index in [9.17, 15) is 0 Å². The van der Waals surface area contributed by atoms with Gasteiger partial charge >= 0.3 is 0 Å². The van der Waals surface area contributed by atoms with Crippen molar-refractivity contribution in [3.63, 3.8) is 0 Å². The van der Waals surface area contributed by atoms with Gasteiger partial charge in [-0.1, -0.05) is 27.7 Å². The fourth-order valence-electron chi connectivity index (χ4n) is 2.47. The molecule has 0 bridgehead atoms. The van der Waals surface area contributed by atoms with E-state index in [1.807, 2.05) is 0 Å². The van der Waals surface area contributed by atoms with Gasteiger partial charge in [0.25, 0.3) is 0 Å². The van der Waals surface area contributed by atoms with Crippen molar-refractivity contribution in [3.8, 4) is 0 Å². The van der Waals surface area contributed by atoms with Crippen molar-refractivity contribution < 1.29 is 0 Å². The van der Waals surface area contributed by atoms with Crippen molar-refractivity contribution in [1.29, 1.82) is 0 Å². The maximum absolute atomic E-state index is 4.70. The molecule has 0 saturated heterocycles. The maximum Gasteiger partial charge on any atom is 0.0641 e. The van der Waals surface area contributed by atoms with Gasteiger partial charge in [-0.15, -0.1) is 0 Å². The molecule has 1 heterocycles. The molecule has 1 aromatic heterocycles. The number of rotatable bonds is 9. The Bertz CT molecular complexity index is 391. The third-order valence-corrected chi connectivity index (χ3v) is 3.91. The minimum Gasteiger partial charge on any atom is -0.312 e. The minimum absolute atomic E-state index is 0.688. The van der Waals surface area contributed by atoms with Crippen LogP contribution in [0.4, 0.5) is 0 Å². The Labute approximate surface area is 124 Å². The Morgan fingerprint density at radius 3 is 2.40 bits per heavy atom. The standard InChI is InChI=1S/C16H32N4/c1-7-19(8-2)9-10-20-15(6)16(14(5)18-20)12-17-11-13(3)4/h13,17H,7-12H2,1-6H3. The molecular formula is C16H32N4. The first-order valence-corrected chi connectivity index (χ1v) is 7.95. The average molecular weight is 280 g/mol. The first-order chi connectivity index (χ1) is 9.49. The second-order valence-corrected chi connectivity index (χ2v) is 5.92. The summed E-state index contributed by atoms with van der Waals surface area (Å²) in [6, 6.07) is 0. The first kappa shape index (κ1) is 17.2. The molecule has 0 fully saturated rings. The van der Waals surface area contributed by atoms with Crippen LogP contribution in [0.2, 0.25) is 0 Å². The summed E-state index contributed by atoms with van der Waals surface area (Å²) in [5.41, 5.74) is 3.84. The van der Waals surface area contributed by atoms with Crippen LogP contribution in [0.3, 0.4) is 0 Å². The predicted molar refractivity (Wildman–Crippen MR) is 86.0 cm³/mol. The molecule has 0 saturated carbocycles. The molecular weight excluding hydrogens is 248 g/mol. The van der Waals surface area contributed by atoms with Gasteiger partial charge in [-0.3, -0.25) is 4.68 Å². The number of hydrogen-bond donors (Lipinski definition) is 1. The van der Waals surface area contributed by atoms with E-state index >= 15 is 0 Å². The molecule has 0 aromatic carbocycles. The van der Waals surface area contributed by atoms with E-state index in [1.54, 1.807) is 0 Å². The fourth-order valence-corrected chi connectivity index (χ4v) is 2.47. The molecule has 1 N–H and O–H groups in total. The molecule has 4 nitrogen and oxygen atoms in total. The van der Waals surface area contributed by atoms with E-state index in [1.165, 1.54) is 17.0 Å². The molecule has 4 heteroatoms. The Hall–Kier alpha value is -0.870. The third kappa shape index (κ3) is 4.91. The minimum atomic E-state index is 0.688. The zero-order valence-corrected chi connectivity index (χ0v) is 14.2. The monoisotopic (exact) mass is 280 g/mol. The zero-order chi connectivity index (χ0) is 15.1. The summed E-state index contributed by atoms with van der Waals surface area (Å²) in [7, 11) is 0. The highest BCUT2D eigenvalue weighted by Gasteiger charge is 2.11. The van der Waals surface area contributed by atoms with E-state index in [0.717, 1.165) is 39.3 Å². The van der Waals surface area contributed by atoms with Crippen LogP contribution in [0.25, 0.3) is 0 Å². The van der Waals surface area contributed by atoms with Crippen molar-refractivity contribution in [2.45, 2.75) is 54.6 Å². The molecule has 0 aliphatic carbocycles. The number of likely N-dealkylation sites (N-methyl/N-ethyl adjacent to an activating group) is 1. The van der Waals surface area contributed by atoms with Gasteiger partial charge in [-0.05, 0) is 39.4 Å². The Morgan fingerprint density at radius 2 is 1.85 bits per heavy atom. The van der Waals surface area contributed by atoms with Crippen LogP contribution in [0.15, 0.2) is 0 Å². The lowest BCUT2D eigenvalue weighted by atomic mass is 10.2. The van der Waals surface area contributed by atoms with Crippen LogP contribution in [0.1, 0.15) is 44.6 Å². The van der Waals surface area contributed by atoms with Gasteiger partial charge in [-0.2, -0.15) is 5.10 Å². The van der Waals surface area contributed by atoms with Gasteiger partial charge in [0.1, 0.15) is 0 Å². The molecule has 20 heavy (non-hydrogen) atoms. The molecule has 0 unspecified atom stereocenters. The molecule has 116 valence electrons. The van der Waals surface area contributed by atoms with Crippen molar-refractivity contribution in [2.75, 3.05) is 26.2 Å². The van der Waals surface area contributed by atoms with Crippen LogP contribution < -0.4 is 5.32 Å². The van der Waals surface area contributed by atoms with E-state index in [0.29, 0.717) is 5.92 Å². The van der Waals surface area contributed by atoms with Crippen LogP contribution in [-0.4, -0.2) is 40.9 Å². The summed E-state index contributed by atoms with van der Waals surface area (Å²) < 4.78 is 2.17. The van der Waals surface area contributed by atoms with Crippen molar-refractivity contribution in [3.05, 3.63) is 17.0 Å². The van der Waals surface area contributed by atoms with Crippen LogP contribution in [0, 0.1) is 19.8 Å². The topological polar surface area (TPSA) is 33.1 Å². The first-order valence-electron chi connectivity index (χ1n) is 7.95. The smallest absolute Gasteiger partial charge is 0.0641 e. The molecule has 1 rings (SSSR count). The van der Waals surface area contributed by atoms with Gasteiger partial charge in [0, 0.05) is 24.3 Å². The van der Waals surface area contributed by atoms with Crippen LogP contribution in [-0.2, 0) is 13.1 Å². The van der Waals surface area contributed by atoms with Crippen LogP contribution >= 0.6 is 0 Å². The molecule has 0 atom stereocenters. The SMILES string of the molecule is CCN(CC)CCn1nc(C)c(CNCC(C)C)c1C. The number of hydrogen-bond acceptors (Lipinski definition) is 3. The van der Waals surface area contributed by atoms with E-state index in [-0.39, 0.29) is 0 Å². The van der Waals surface area contributed by atoms with E-state index in [2.05, 4.69) is 56.4 Å². The fraction of sp³-hybridized carbons (Fsp3) is 0.812. The van der Waals surface area contributed by atoms with E-state index in [4.69, 9.17) is 5.10 Å². The Morgan fingerprint density at radius 1 is 1.20 bits per heavy atom. The molecule has 0 amide bonds. The normalized spacial score (nSPS) is 11.8. The summed E-state index contributed by atoms with van der Waals surface area (Å²) in [4.78, 5) is 2.44. The van der Waals surface area contributed by atoms with E-state index < -0.39 is 0 Å². The third-order valence-electron chi connectivity index (χ3n) is 3.91. The summed E-state index contributed by atoms with van der Waals surface area (Å²) in [5, 5.41) is 8.22. The highest BCUT2D eigenvalue weighted by atomic mass is 15.3. The number of nitrogens with zero attached hydrogens (tertiary/aromatic N) is 3. The number of aryl methyl sites for hydroxylation is 1. The second-order valence-electron chi connectivity index (χ2n) is 5.92. The van der Waals surface area contributed by atoms with Crippen molar-refractivity contribution in [2.24, 2.45) is 5.92 Å². The quantitative estimate of drug-likeness (QED) is 0.755. The van der Waals surface area contributed by atoms with Gasteiger partial charge in [-0.25, -0.2) is 0 Å². The summed E-state index contributed by atoms with van der Waals surface area (Å²) in [6.07, 6.45) is 0. The van der Waals surface area contributed by atoms with Gasteiger partial charge < -0.3 is 10.2 Å². The van der Waals surface area contributed by atoms with Gasteiger partial charge in [0.15, 0.2) is 0 Å². The van der Waals surface area contributed by atoms with Crippen molar-refractivity contribution in [1.82, 2.24) is 20.0 Å². The molecule has 0 aliphatic rings. The molecule has 0 spiro atoms. The lowest BCUT2D eigenvalue weighted by Gasteiger charge is -2.18. The largest absolute Gasteiger partial charge is 0.312 e. The zero-order valence-electron chi connectivity index (χ0n) is 14.2. The molecule has 0 aliphatic heterocycles. The average Bonchev–Trinajstić information content (AvgIpc) is 2.67.